The van der Waals surface area contributed by atoms with E-state index in [2.05, 4.69) is 0 Å². The van der Waals surface area contributed by atoms with E-state index in [1.165, 1.54) is 0 Å². The van der Waals surface area contributed by atoms with Gasteiger partial charge in [-0.2, -0.15) is 0 Å². The van der Waals surface area contributed by atoms with Crippen LogP contribution in [0.1, 0.15) is 26.7 Å². The molecule has 1 fully saturated rings. The standard InChI is InChI=1S/C11H20N2O3/c1-3-4-9(12)10(14)13-5-8(6-13)7(2)11(15)16/h7-9H,3-6,12H2,1-2H3,(H,15,16). The highest BCUT2D eigenvalue weighted by Gasteiger charge is 2.38. The number of likely N-dealkylation sites (tertiary alicyclic amines) is 1. The monoisotopic (exact) mass is 228 g/mol. The molecule has 3 N–H and O–H groups in total. The lowest BCUT2D eigenvalue weighted by Crippen LogP contribution is -2.57. The minimum atomic E-state index is -0.796. The van der Waals surface area contributed by atoms with Gasteiger partial charge in [-0.15, -0.1) is 0 Å². The Morgan fingerprint density at radius 3 is 2.50 bits per heavy atom. The van der Waals surface area contributed by atoms with Crippen molar-refractivity contribution in [1.82, 2.24) is 4.90 Å². The van der Waals surface area contributed by atoms with Gasteiger partial charge in [0.25, 0.3) is 0 Å². The molecule has 1 saturated heterocycles. The maximum Gasteiger partial charge on any atom is 0.306 e. The molecular formula is C11H20N2O3. The first-order valence-electron chi connectivity index (χ1n) is 5.74. The molecule has 0 aliphatic carbocycles. The van der Waals surface area contributed by atoms with Gasteiger partial charge in [0, 0.05) is 19.0 Å². The highest BCUT2D eigenvalue weighted by Crippen LogP contribution is 2.24. The summed E-state index contributed by atoms with van der Waals surface area (Å²) in [7, 11) is 0. The van der Waals surface area contributed by atoms with E-state index in [9.17, 15) is 9.59 Å². The number of carboxylic acid groups (broad SMARTS) is 1. The number of hydrogen-bond acceptors (Lipinski definition) is 3. The fraction of sp³-hybridized carbons (Fsp3) is 0.818. The van der Waals surface area contributed by atoms with Crippen LogP contribution in [-0.4, -0.2) is 41.0 Å². The molecule has 1 aliphatic heterocycles. The number of hydrogen-bond donors (Lipinski definition) is 2. The minimum absolute atomic E-state index is 0.0457. The fourth-order valence-corrected chi connectivity index (χ4v) is 1.88. The quantitative estimate of drug-likeness (QED) is 0.708. The molecule has 1 rings (SSSR count). The van der Waals surface area contributed by atoms with Crippen molar-refractivity contribution in [1.29, 1.82) is 0 Å². The topological polar surface area (TPSA) is 83.6 Å². The molecule has 2 atom stereocenters. The van der Waals surface area contributed by atoms with E-state index in [4.69, 9.17) is 10.8 Å². The summed E-state index contributed by atoms with van der Waals surface area (Å²) in [6.45, 7) is 4.73. The van der Waals surface area contributed by atoms with Crippen LogP contribution in [0.4, 0.5) is 0 Å². The predicted octanol–water partition coefficient (Wildman–Crippen LogP) is 0.293. The number of carbonyl (C=O) groups is 2. The van der Waals surface area contributed by atoms with Crippen molar-refractivity contribution in [3.63, 3.8) is 0 Å². The average Bonchev–Trinajstić information content (AvgIpc) is 2.15. The molecule has 1 amide bonds. The molecular weight excluding hydrogens is 208 g/mol. The Kier molecular flexibility index (Phi) is 4.29. The molecule has 5 heteroatoms. The molecule has 1 heterocycles. The summed E-state index contributed by atoms with van der Waals surface area (Å²) in [5.41, 5.74) is 5.71. The highest BCUT2D eigenvalue weighted by atomic mass is 16.4. The number of rotatable bonds is 5. The third kappa shape index (κ3) is 2.72. The summed E-state index contributed by atoms with van der Waals surface area (Å²) in [6.07, 6.45) is 1.57. The number of amides is 1. The van der Waals surface area contributed by atoms with Gasteiger partial charge >= 0.3 is 5.97 Å². The summed E-state index contributed by atoms with van der Waals surface area (Å²) < 4.78 is 0. The zero-order chi connectivity index (χ0) is 12.3. The lowest BCUT2D eigenvalue weighted by atomic mass is 9.86. The number of nitrogens with zero attached hydrogens (tertiary/aromatic N) is 1. The third-order valence-electron chi connectivity index (χ3n) is 3.23. The molecule has 0 radical (unpaired) electrons. The lowest BCUT2D eigenvalue weighted by Gasteiger charge is -2.42. The number of carboxylic acids is 1. The van der Waals surface area contributed by atoms with Gasteiger partial charge in [0.15, 0.2) is 0 Å². The second-order valence-corrected chi connectivity index (χ2v) is 4.53. The molecule has 16 heavy (non-hydrogen) atoms. The second kappa shape index (κ2) is 5.30. The maximum absolute atomic E-state index is 11.7. The molecule has 0 saturated carbocycles. The smallest absolute Gasteiger partial charge is 0.306 e. The van der Waals surface area contributed by atoms with Crippen LogP contribution in [0.5, 0.6) is 0 Å². The van der Waals surface area contributed by atoms with Gasteiger partial charge < -0.3 is 15.7 Å². The molecule has 0 aromatic heterocycles. The van der Waals surface area contributed by atoms with E-state index in [-0.39, 0.29) is 17.7 Å². The van der Waals surface area contributed by atoms with Crippen molar-refractivity contribution in [2.24, 2.45) is 17.6 Å². The first-order chi connectivity index (χ1) is 7.47. The van der Waals surface area contributed by atoms with Gasteiger partial charge in [-0.25, -0.2) is 0 Å². The van der Waals surface area contributed by atoms with Gasteiger partial charge in [-0.1, -0.05) is 20.3 Å². The predicted molar refractivity (Wildman–Crippen MR) is 59.8 cm³/mol. The zero-order valence-corrected chi connectivity index (χ0v) is 9.85. The molecule has 0 aromatic carbocycles. The van der Waals surface area contributed by atoms with Crippen LogP contribution in [-0.2, 0) is 9.59 Å². The van der Waals surface area contributed by atoms with Gasteiger partial charge in [0.05, 0.1) is 12.0 Å². The van der Waals surface area contributed by atoms with Crippen LogP contribution in [0, 0.1) is 11.8 Å². The Morgan fingerprint density at radius 2 is 2.06 bits per heavy atom. The molecule has 92 valence electrons. The fourth-order valence-electron chi connectivity index (χ4n) is 1.88. The summed E-state index contributed by atoms with van der Waals surface area (Å²) in [4.78, 5) is 24.1. The van der Waals surface area contributed by atoms with Crippen LogP contribution < -0.4 is 5.73 Å². The van der Waals surface area contributed by atoms with E-state index in [0.29, 0.717) is 19.5 Å². The Labute approximate surface area is 95.6 Å². The van der Waals surface area contributed by atoms with E-state index in [1.807, 2.05) is 6.92 Å². The van der Waals surface area contributed by atoms with E-state index in [1.54, 1.807) is 11.8 Å². The molecule has 1 aliphatic rings. The van der Waals surface area contributed by atoms with Crippen LogP contribution >= 0.6 is 0 Å². The van der Waals surface area contributed by atoms with Gasteiger partial charge in [-0.05, 0) is 6.42 Å². The normalized spacial score (nSPS) is 20.1. The number of carbonyl (C=O) groups excluding carboxylic acids is 1. The van der Waals surface area contributed by atoms with Crippen LogP contribution in [0.3, 0.4) is 0 Å². The van der Waals surface area contributed by atoms with E-state index < -0.39 is 12.0 Å². The number of nitrogens with two attached hydrogens (primary N) is 1. The minimum Gasteiger partial charge on any atom is -0.481 e. The third-order valence-corrected chi connectivity index (χ3v) is 3.23. The summed E-state index contributed by atoms with van der Waals surface area (Å²) in [6, 6.07) is -0.425. The van der Waals surface area contributed by atoms with Crippen molar-refractivity contribution in [2.75, 3.05) is 13.1 Å². The molecule has 2 unspecified atom stereocenters. The van der Waals surface area contributed by atoms with Crippen molar-refractivity contribution in [2.45, 2.75) is 32.7 Å². The zero-order valence-electron chi connectivity index (χ0n) is 9.85. The van der Waals surface area contributed by atoms with Crippen molar-refractivity contribution in [3.05, 3.63) is 0 Å². The van der Waals surface area contributed by atoms with Crippen molar-refractivity contribution < 1.29 is 14.7 Å². The van der Waals surface area contributed by atoms with E-state index in [0.717, 1.165) is 6.42 Å². The van der Waals surface area contributed by atoms with Gasteiger partial charge in [0.1, 0.15) is 0 Å². The molecule has 5 nitrogen and oxygen atoms in total. The lowest BCUT2D eigenvalue weighted by molar-refractivity contribution is -0.151. The second-order valence-electron chi connectivity index (χ2n) is 4.53. The Balaban J connectivity index is 2.35. The largest absolute Gasteiger partial charge is 0.481 e. The Morgan fingerprint density at radius 1 is 1.50 bits per heavy atom. The molecule has 0 aromatic rings. The average molecular weight is 228 g/mol. The molecule has 0 spiro atoms. The first kappa shape index (κ1) is 13.0. The summed E-state index contributed by atoms with van der Waals surface area (Å²) in [5.74, 6) is -1.15. The van der Waals surface area contributed by atoms with Crippen molar-refractivity contribution >= 4 is 11.9 Å². The first-order valence-corrected chi connectivity index (χ1v) is 5.74. The van der Waals surface area contributed by atoms with E-state index >= 15 is 0 Å². The highest BCUT2D eigenvalue weighted by molar-refractivity contribution is 5.82. The Hall–Kier alpha value is -1.10. The van der Waals surface area contributed by atoms with Crippen LogP contribution in [0.25, 0.3) is 0 Å². The summed E-state index contributed by atoms with van der Waals surface area (Å²) in [5, 5.41) is 8.81. The maximum atomic E-state index is 11.7. The summed E-state index contributed by atoms with van der Waals surface area (Å²) >= 11 is 0. The molecule has 0 bridgehead atoms. The Bertz CT molecular complexity index is 274. The van der Waals surface area contributed by atoms with Crippen molar-refractivity contribution in [3.8, 4) is 0 Å². The van der Waals surface area contributed by atoms with Gasteiger partial charge in [-0.3, -0.25) is 9.59 Å². The van der Waals surface area contributed by atoms with Crippen LogP contribution in [0.15, 0.2) is 0 Å². The van der Waals surface area contributed by atoms with Crippen LogP contribution in [0.2, 0.25) is 0 Å². The van der Waals surface area contributed by atoms with Gasteiger partial charge in [0.2, 0.25) is 5.91 Å². The SMILES string of the molecule is CCCC(N)C(=O)N1CC(C(C)C(=O)O)C1. The number of aliphatic carboxylic acids is 1.